The van der Waals surface area contributed by atoms with Gasteiger partial charge in [-0.15, -0.1) is 0 Å². The lowest BCUT2D eigenvalue weighted by Crippen LogP contribution is -2.58. The highest BCUT2D eigenvalue weighted by atomic mass is 16.7. The van der Waals surface area contributed by atoms with Gasteiger partial charge in [0, 0.05) is 24.4 Å². The zero-order valence-corrected chi connectivity index (χ0v) is 16.0. The van der Waals surface area contributed by atoms with Gasteiger partial charge in [-0.2, -0.15) is 0 Å². The van der Waals surface area contributed by atoms with E-state index in [2.05, 4.69) is 25.8 Å². The van der Waals surface area contributed by atoms with Crippen LogP contribution in [0.25, 0.3) is 0 Å². The van der Waals surface area contributed by atoms with E-state index in [0.29, 0.717) is 30.5 Å². The van der Waals surface area contributed by atoms with Gasteiger partial charge in [0.1, 0.15) is 0 Å². The third-order valence-corrected chi connectivity index (χ3v) is 5.66. The monoisotopic (exact) mass is 351 g/mol. The minimum Gasteiger partial charge on any atom is -0.493 e. The second-order valence-corrected chi connectivity index (χ2v) is 7.26. The maximum absolute atomic E-state index is 6.12. The maximum Gasteiger partial charge on any atom is 0.203 e. The molecule has 1 atom stereocenters. The van der Waals surface area contributed by atoms with Crippen molar-refractivity contribution < 1.29 is 23.7 Å². The Balaban J connectivity index is 2.09. The van der Waals surface area contributed by atoms with Crippen molar-refractivity contribution in [2.45, 2.75) is 32.1 Å². The van der Waals surface area contributed by atoms with Gasteiger partial charge in [-0.1, -0.05) is 13.8 Å². The molecule has 6 nitrogen and oxygen atoms in total. The van der Waals surface area contributed by atoms with Gasteiger partial charge in [0.25, 0.3) is 0 Å². The lowest BCUT2D eigenvalue weighted by atomic mass is 9.69. The minimum atomic E-state index is -0.551. The van der Waals surface area contributed by atoms with Crippen molar-refractivity contribution in [2.75, 3.05) is 48.1 Å². The molecule has 2 saturated heterocycles. The molecule has 2 aliphatic rings. The average molecular weight is 351 g/mol. The zero-order valence-electron chi connectivity index (χ0n) is 16.0. The van der Waals surface area contributed by atoms with Gasteiger partial charge < -0.3 is 23.7 Å². The summed E-state index contributed by atoms with van der Waals surface area (Å²) in [5, 5.41) is 0. The molecule has 2 heterocycles. The molecule has 0 radical (unpaired) electrons. The van der Waals surface area contributed by atoms with Crippen molar-refractivity contribution in [1.82, 2.24) is 4.90 Å². The Hall–Kier alpha value is -1.50. The van der Waals surface area contributed by atoms with Gasteiger partial charge in [0.05, 0.1) is 34.5 Å². The van der Waals surface area contributed by atoms with E-state index >= 15 is 0 Å². The predicted molar refractivity (Wildman–Crippen MR) is 94.5 cm³/mol. The van der Waals surface area contributed by atoms with E-state index in [0.717, 1.165) is 18.5 Å². The molecule has 25 heavy (non-hydrogen) atoms. The van der Waals surface area contributed by atoms with E-state index in [-0.39, 0.29) is 11.5 Å². The first-order valence-electron chi connectivity index (χ1n) is 8.68. The van der Waals surface area contributed by atoms with E-state index in [1.165, 1.54) is 0 Å². The van der Waals surface area contributed by atoms with Gasteiger partial charge in [-0.3, -0.25) is 4.90 Å². The topological polar surface area (TPSA) is 49.4 Å². The number of hydrogen-bond acceptors (Lipinski definition) is 6. The van der Waals surface area contributed by atoms with Crippen molar-refractivity contribution in [1.29, 1.82) is 0 Å². The van der Waals surface area contributed by atoms with Crippen LogP contribution in [0.15, 0.2) is 12.1 Å². The second kappa shape index (κ2) is 6.67. The van der Waals surface area contributed by atoms with E-state index in [4.69, 9.17) is 23.7 Å². The van der Waals surface area contributed by atoms with Gasteiger partial charge in [-0.05, 0) is 24.7 Å². The van der Waals surface area contributed by atoms with Gasteiger partial charge in [-0.25, -0.2) is 0 Å². The lowest BCUT2D eigenvalue weighted by molar-refractivity contribution is -0.270. The Morgan fingerprint density at radius 3 is 2.04 bits per heavy atom. The molecule has 0 aromatic heterocycles. The van der Waals surface area contributed by atoms with Crippen LogP contribution in [0.4, 0.5) is 0 Å². The smallest absolute Gasteiger partial charge is 0.203 e. The molecule has 0 saturated carbocycles. The van der Waals surface area contributed by atoms with E-state index in [9.17, 15) is 0 Å². The number of ether oxygens (including phenoxy) is 5. The molecular formula is C19H29NO5. The van der Waals surface area contributed by atoms with Crippen LogP contribution in [0.5, 0.6) is 17.2 Å². The number of hydrogen-bond donors (Lipinski definition) is 0. The van der Waals surface area contributed by atoms with Crippen LogP contribution < -0.4 is 14.2 Å². The summed E-state index contributed by atoms with van der Waals surface area (Å²) in [4.78, 5) is 2.34. The molecule has 2 fully saturated rings. The fraction of sp³-hybridized carbons (Fsp3) is 0.684. The average Bonchev–Trinajstić information content (AvgIpc) is 3.08. The van der Waals surface area contributed by atoms with Crippen LogP contribution in [0.1, 0.15) is 31.9 Å². The molecule has 3 rings (SSSR count). The number of methoxy groups -OCH3 is 3. The zero-order chi connectivity index (χ0) is 18.2. The van der Waals surface area contributed by atoms with Gasteiger partial charge in [0.15, 0.2) is 17.3 Å². The fourth-order valence-electron chi connectivity index (χ4n) is 4.44. The molecule has 0 aliphatic carbocycles. The Labute approximate surface area is 149 Å². The van der Waals surface area contributed by atoms with Gasteiger partial charge >= 0.3 is 0 Å². The Kier molecular flexibility index (Phi) is 4.88. The van der Waals surface area contributed by atoms with Crippen LogP contribution in [-0.2, 0) is 9.47 Å². The van der Waals surface area contributed by atoms with Crippen LogP contribution in [0.3, 0.4) is 0 Å². The summed E-state index contributed by atoms with van der Waals surface area (Å²) < 4.78 is 28.8. The van der Waals surface area contributed by atoms with E-state index in [1.54, 1.807) is 21.3 Å². The van der Waals surface area contributed by atoms with Crippen LogP contribution >= 0.6 is 0 Å². The number of piperidine rings is 1. The summed E-state index contributed by atoms with van der Waals surface area (Å²) in [6.45, 7) is 6.61. The summed E-state index contributed by atoms with van der Waals surface area (Å²) >= 11 is 0. The van der Waals surface area contributed by atoms with Crippen molar-refractivity contribution in [3.8, 4) is 17.2 Å². The third kappa shape index (κ3) is 2.76. The molecule has 0 unspecified atom stereocenters. The molecule has 6 heteroatoms. The maximum atomic E-state index is 6.12. The summed E-state index contributed by atoms with van der Waals surface area (Å²) in [5.41, 5.74) is 0.848. The Morgan fingerprint density at radius 1 is 1.00 bits per heavy atom. The second-order valence-electron chi connectivity index (χ2n) is 7.26. The summed E-state index contributed by atoms with van der Waals surface area (Å²) in [5.74, 6) is 1.38. The SMILES string of the molecule is COc1cc([C@H]2N(C)CCC3(OCCO3)C2(C)C)cc(OC)c1OC. The van der Waals surface area contributed by atoms with Crippen molar-refractivity contribution in [3.63, 3.8) is 0 Å². The summed E-state index contributed by atoms with van der Waals surface area (Å²) in [6, 6.07) is 4.14. The summed E-state index contributed by atoms with van der Waals surface area (Å²) in [7, 11) is 7.03. The van der Waals surface area contributed by atoms with Crippen molar-refractivity contribution in [3.05, 3.63) is 17.7 Å². The minimum absolute atomic E-state index is 0.0908. The number of benzene rings is 1. The molecular weight excluding hydrogens is 322 g/mol. The first kappa shape index (κ1) is 18.3. The van der Waals surface area contributed by atoms with E-state index in [1.807, 2.05) is 12.1 Å². The largest absolute Gasteiger partial charge is 0.493 e. The number of nitrogens with zero attached hydrogens (tertiary/aromatic N) is 1. The van der Waals surface area contributed by atoms with E-state index < -0.39 is 5.79 Å². The summed E-state index contributed by atoms with van der Waals surface area (Å²) in [6.07, 6.45) is 0.859. The van der Waals surface area contributed by atoms with Crippen LogP contribution in [0, 0.1) is 5.41 Å². The standard InChI is InChI=1S/C19H29NO5/c1-18(2)17(20(3)8-7-19(18)24-9-10-25-19)13-11-14(21-4)16(23-6)15(12-13)22-5/h11-12,17H,7-10H2,1-6H3/t17-/m1/s1. The predicted octanol–water partition coefficient (Wildman–Crippen LogP) is 2.86. The third-order valence-electron chi connectivity index (χ3n) is 5.66. The molecule has 0 amide bonds. The highest BCUT2D eigenvalue weighted by Crippen LogP contribution is 2.55. The highest BCUT2D eigenvalue weighted by molar-refractivity contribution is 5.54. The molecule has 0 N–H and O–H groups in total. The molecule has 140 valence electrons. The highest BCUT2D eigenvalue weighted by Gasteiger charge is 2.58. The van der Waals surface area contributed by atoms with Crippen molar-refractivity contribution >= 4 is 0 Å². The Bertz CT molecular complexity index is 599. The quantitative estimate of drug-likeness (QED) is 0.831. The molecule has 1 aromatic carbocycles. The molecule has 1 aromatic rings. The molecule has 2 aliphatic heterocycles. The normalized spacial score (nSPS) is 25.1. The number of rotatable bonds is 4. The first-order chi connectivity index (χ1) is 11.9. The molecule has 0 bridgehead atoms. The van der Waals surface area contributed by atoms with Crippen LogP contribution in [-0.4, -0.2) is 58.8 Å². The fourth-order valence-corrected chi connectivity index (χ4v) is 4.44. The number of likely N-dealkylation sites (tertiary alicyclic amines) is 1. The lowest BCUT2D eigenvalue weighted by Gasteiger charge is -2.54. The van der Waals surface area contributed by atoms with Crippen molar-refractivity contribution in [2.24, 2.45) is 5.41 Å². The first-order valence-corrected chi connectivity index (χ1v) is 8.68. The molecule has 1 spiro atoms. The Morgan fingerprint density at radius 2 is 1.56 bits per heavy atom. The van der Waals surface area contributed by atoms with Crippen LogP contribution in [0.2, 0.25) is 0 Å². The van der Waals surface area contributed by atoms with Gasteiger partial charge in [0.2, 0.25) is 5.75 Å².